The Hall–Kier alpha value is -1.94. The molecule has 1 unspecified atom stereocenters. The van der Waals surface area contributed by atoms with Crippen LogP contribution in [0.25, 0.3) is 0 Å². The largest absolute Gasteiger partial charge is 1.00 e. The highest BCUT2D eigenvalue weighted by Gasteiger charge is 2.21. The molecule has 0 aliphatic heterocycles. The maximum atomic E-state index is 10.9. The first-order valence-corrected chi connectivity index (χ1v) is 8.72. The number of hydrogen-bond donors (Lipinski definition) is 1. The Balaban J connectivity index is 0.00000243. The molecular formula is C23H26BrNO. The van der Waals surface area contributed by atoms with E-state index >= 15 is 0 Å². The zero-order valence-corrected chi connectivity index (χ0v) is 16.9. The van der Waals surface area contributed by atoms with Crippen molar-refractivity contribution in [1.82, 2.24) is 0 Å². The number of aliphatic hydroxyl groups excluding tert-OH is 1. The number of benzene rings is 3. The summed E-state index contributed by atoms with van der Waals surface area (Å²) in [5, 5.41) is 10.9. The van der Waals surface area contributed by atoms with Crippen LogP contribution in [0.3, 0.4) is 0 Å². The molecule has 0 heterocycles. The number of hydrogen-bond acceptors (Lipinski definition) is 1. The number of aliphatic hydroxyl groups is 1. The molecule has 1 N–H and O–H groups in total. The fraction of sp³-hybridized carbons (Fsp3) is 0.217. The molecule has 0 saturated heterocycles. The van der Waals surface area contributed by atoms with Gasteiger partial charge in [0.25, 0.3) is 0 Å². The van der Waals surface area contributed by atoms with Gasteiger partial charge in [-0.3, -0.25) is 0 Å². The van der Waals surface area contributed by atoms with Gasteiger partial charge < -0.3 is 26.6 Å². The van der Waals surface area contributed by atoms with Crippen LogP contribution in [0.4, 0.5) is 0 Å². The Morgan fingerprint density at radius 2 is 1.27 bits per heavy atom. The lowest BCUT2D eigenvalue weighted by Crippen LogP contribution is -3.00. The average Bonchev–Trinajstić information content (AvgIpc) is 2.62. The molecule has 26 heavy (non-hydrogen) atoms. The van der Waals surface area contributed by atoms with Gasteiger partial charge in [-0.25, -0.2) is 0 Å². The predicted molar refractivity (Wildman–Crippen MR) is 103 cm³/mol. The Morgan fingerprint density at radius 1 is 0.731 bits per heavy atom. The first-order valence-electron chi connectivity index (χ1n) is 8.72. The van der Waals surface area contributed by atoms with E-state index in [-0.39, 0.29) is 17.0 Å². The van der Waals surface area contributed by atoms with Crippen LogP contribution in [-0.4, -0.2) is 23.7 Å². The third kappa shape index (κ3) is 5.28. The molecule has 0 aliphatic carbocycles. The highest BCUT2D eigenvalue weighted by Crippen LogP contribution is 2.27. The molecular weight excluding hydrogens is 386 g/mol. The molecule has 3 aromatic carbocycles. The minimum atomic E-state index is -0.589. The van der Waals surface area contributed by atoms with E-state index in [1.165, 1.54) is 11.1 Å². The summed E-state index contributed by atoms with van der Waals surface area (Å²) in [6, 6.07) is 28.7. The molecule has 0 saturated carbocycles. The standard InChI is InChI=1S/C23H26NO.BrH/c1-24(2,17-19-11-5-3-6-12-19)18-21-15-9-10-16-22(21)23(25)20-13-7-4-8-14-20;/h3-16,23,25H,17-18H2,1-2H3;1H/q+1;/p-1. The van der Waals surface area contributed by atoms with Crippen LogP contribution in [0.15, 0.2) is 84.9 Å². The van der Waals surface area contributed by atoms with E-state index < -0.39 is 6.10 Å². The van der Waals surface area contributed by atoms with Crippen molar-refractivity contribution in [3.63, 3.8) is 0 Å². The van der Waals surface area contributed by atoms with E-state index in [1.807, 2.05) is 42.5 Å². The van der Waals surface area contributed by atoms with Crippen molar-refractivity contribution in [3.8, 4) is 0 Å². The number of halogens is 1. The molecule has 2 nitrogen and oxygen atoms in total. The van der Waals surface area contributed by atoms with Crippen molar-refractivity contribution in [2.75, 3.05) is 14.1 Å². The van der Waals surface area contributed by atoms with Crippen molar-refractivity contribution >= 4 is 0 Å². The molecule has 136 valence electrons. The smallest absolute Gasteiger partial charge is 0.105 e. The Bertz CT molecular complexity index is 803. The lowest BCUT2D eigenvalue weighted by Gasteiger charge is -2.31. The Kier molecular flexibility index (Phi) is 7.15. The second-order valence-electron chi connectivity index (χ2n) is 7.25. The van der Waals surface area contributed by atoms with Gasteiger partial charge in [0.2, 0.25) is 0 Å². The summed E-state index contributed by atoms with van der Waals surface area (Å²) < 4.78 is 0.836. The van der Waals surface area contributed by atoms with Crippen LogP contribution >= 0.6 is 0 Å². The van der Waals surface area contributed by atoms with E-state index in [0.717, 1.165) is 28.7 Å². The summed E-state index contributed by atoms with van der Waals surface area (Å²) in [7, 11) is 4.47. The minimum Gasteiger partial charge on any atom is -1.00 e. The summed E-state index contributed by atoms with van der Waals surface area (Å²) in [5.74, 6) is 0. The molecule has 0 spiro atoms. The third-order valence-corrected chi connectivity index (χ3v) is 4.52. The van der Waals surface area contributed by atoms with Gasteiger partial charge >= 0.3 is 0 Å². The molecule has 3 rings (SSSR count). The van der Waals surface area contributed by atoms with E-state index in [9.17, 15) is 5.11 Å². The first-order chi connectivity index (χ1) is 12.1. The second-order valence-corrected chi connectivity index (χ2v) is 7.25. The van der Waals surface area contributed by atoms with Crippen LogP contribution in [-0.2, 0) is 13.1 Å². The quantitative estimate of drug-likeness (QED) is 0.610. The lowest BCUT2D eigenvalue weighted by atomic mass is 9.96. The van der Waals surface area contributed by atoms with Gasteiger partial charge in [0, 0.05) is 11.1 Å². The second kappa shape index (κ2) is 9.13. The van der Waals surface area contributed by atoms with Crippen LogP contribution in [0.1, 0.15) is 28.4 Å². The Morgan fingerprint density at radius 3 is 1.92 bits per heavy atom. The lowest BCUT2D eigenvalue weighted by molar-refractivity contribution is -0.916. The zero-order chi connectivity index (χ0) is 17.7. The van der Waals surface area contributed by atoms with Gasteiger partial charge in [-0.15, -0.1) is 0 Å². The van der Waals surface area contributed by atoms with Crippen LogP contribution in [0, 0.1) is 0 Å². The Labute approximate surface area is 167 Å². The molecule has 0 amide bonds. The van der Waals surface area contributed by atoms with Crippen LogP contribution in [0.2, 0.25) is 0 Å². The molecule has 1 atom stereocenters. The highest BCUT2D eigenvalue weighted by atomic mass is 79.9. The topological polar surface area (TPSA) is 20.2 Å². The summed E-state index contributed by atoms with van der Waals surface area (Å²) in [6.45, 7) is 1.82. The maximum absolute atomic E-state index is 10.9. The average molecular weight is 412 g/mol. The highest BCUT2D eigenvalue weighted by molar-refractivity contribution is 5.35. The molecule has 0 aliphatic rings. The van der Waals surface area contributed by atoms with Crippen molar-refractivity contribution in [1.29, 1.82) is 0 Å². The molecule has 0 fully saturated rings. The number of quaternary nitrogens is 1. The normalized spacial score (nSPS) is 12.3. The maximum Gasteiger partial charge on any atom is 0.105 e. The molecule has 0 aromatic heterocycles. The fourth-order valence-corrected chi connectivity index (χ4v) is 3.35. The SMILES string of the molecule is C[N+](C)(Cc1ccccc1)Cc1ccccc1C(O)c1ccccc1.[Br-]. The predicted octanol–water partition coefficient (Wildman–Crippen LogP) is 1.55. The van der Waals surface area contributed by atoms with E-state index in [1.54, 1.807) is 0 Å². The fourth-order valence-electron chi connectivity index (χ4n) is 3.35. The molecule has 3 aromatic rings. The van der Waals surface area contributed by atoms with Crippen LogP contribution in [0.5, 0.6) is 0 Å². The van der Waals surface area contributed by atoms with Crippen molar-refractivity contribution in [3.05, 3.63) is 107 Å². The van der Waals surface area contributed by atoms with E-state index in [0.29, 0.717) is 0 Å². The summed E-state index contributed by atoms with van der Waals surface area (Å²) in [6.07, 6.45) is -0.589. The monoisotopic (exact) mass is 411 g/mol. The summed E-state index contributed by atoms with van der Waals surface area (Å²) in [5.41, 5.74) is 4.45. The van der Waals surface area contributed by atoms with Gasteiger partial charge in [-0.1, -0.05) is 84.9 Å². The van der Waals surface area contributed by atoms with Gasteiger partial charge in [0.05, 0.1) is 14.1 Å². The summed E-state index contributed by atoms with van der Waals surface area (Å²) in [4.78, 5) is 0. The van der Waals surface area contributed by atoms with Crippen molar-refractivity contribution in [2.45, 2.75) is 19.2 Å². The third-order valence-electron chi connectivity index (χ3n) is 4.52. The minimum absolute atomic E-state index is 0. The van der Waals surface area contributed by atoms with Gasteiger partial charge in [0.15, 0.2) is 0 Å². The zero-order valence-electron chi connectivity index (χ0n) is 15.3. The summed E-state index contributed by atoms with van der Waals surface area (Å²) >= 11 is 0. The van der Waals surface area contributed by atoms with Gasteiger partial charge in [-0.05, 0) is 11.1 Å². The van der Waals surface area contributed by atoms with Crippen molar-refractivity contribution in [2.24, 2.45) is 0 Å². The number of nitrogens with zero attached hydrogens (tertiary/aromatic N) is 1. The van der Waals surface area contributed by atoms with Gasteiger partial charge in [0.1, 0.15) is 19.2 Å². The first kappa shape index (κ1) is 20.4. The van der Waals surface area contributed by atoms with E-state index in [2.05, 4.69) is 56.6 Å². The van der Waals surface area contributed by atoms with E-state index in [4.69, 9.17) is 0 Å². The van der Waals surface area contributed by atoms with Gasteiger partial charge in [-0.2, -0.15) is 0 Å². The van der Waals surface area contributed by atoms with Crippen molar-refractivity contribution < 1.29 is 26.6 Å². The molecule has 0 radical (unpaired) electrons. The molecule has 3 heteroatoms. The number of rotatable bonds is 6. The van der Waals surface area contributed by atoms with Crippen LogP contribution < -0.4 is 17.0 Å². The molecule has 0 bridgehead atoms.